The highest BCUT2D eigenvalue weighted by Crippen LogP contribution is 2.37. The molecule has 0 atom stereocenters. The molecule has 9 heteroatoms. The summed E-state index contributed by atoms with van der Waals surface area (Å²) in [7, 11) is 0. The van der Waals surface area contributed by atoms with E-state index in [9.17, 15) is 18.8 Å². The average molecular weight is 454 g/mol. The van der Waals surface area contributed by atoms with Crippen molar-refractivity contribution in [1.82, 2.24) is 14.8 Å². The van der Waals surface area contributed by atoms with E-state index in [1.807, 2.05) is 11.8 Å². The van der Waals surface area contributed by atoms with Crippen LogP contribution in [0, 0.1) is 12.7 Å². The van der Waals surface area contributed by atoms with Gasteiger partial charge in [-0.15, -0.1) is 0 Å². The Kier molecular flexibility index (Phi) is 6.33. The Morgan fingerprint density at radius 3 is 2.70 bits per heavy atom. The summed E-state index contributed by atoms with van der Waals surface area (Å²) < 4.78 is 14.4. The fourth-order valence-electron chi connectivity index (χ4n) is 4.50. The van der Waals surface area contributed by atoms with Gasteiger partial charge in [0.25, 0.3) is 11.8 Å². The smallest absolute Gasteiger partial charge is 0.256 e. The lowest BCUT2D eigenvalue weighted by Gasteiger charge is -2.29. The van der Waals surface area contributed by atoms with Crippen molar-refractivity contribution >= 4 is 41.2 Å². The minimum Gasteiger partial charge on any atom is -0.358 e. The Bertz CT molecular complexity index is 1150. The van der Waals surface area contributed by atoms with Crippen molar-refractivity contribution in [2.45, 2.75) is 27.2 Å². The highest BCUT2D eigenvalue weighted by Gasteiger charge is 2.31. The number of aromatic amines is 1. The van der Waals surface area contributed by atoms with E-state index < -0.39 is 5.82 Å². The number of hydrogen-bond acceptors (Lipinski definition) is 4. The summed E-state index contributed by atoms with van der Waals surface area (Å²) in [6.07, 6.45) is 2.75. The van der Waals surface area contributed by atoms with E-state index in [1.54, 1.807) is 6.08 Å². The predicted octanol–water partition coefficient (Wildman–Crippen LogP) is 2.86. The Morgan fingerprint density at radius 1 is 1.24 bits per heavy atom. The van der Waals surface area contributed by atoms with Gasteiger partial charge in [0.05, 0.1) is 22.5 Å². The lowest BCUT2D eigenvalue weighted by atomic mass is 10.0. The van der Waals surface area contributed by atoms with Gasteiger partial charge in [0.15, 0.2) is 0 Å². The van der Waals surface area contributed by atoms with E-state index >= 15 is 0 Å². The molecule has 0 radical (unpaired) electrons. The second kappa shape index (κ2) is 9.19. The third-order valence-electron chi connectivity index (χ3n) is 6.47. The number of likely N-dealkylation sites (N-methyl/N-ethyl adjacent to an activating group) is 1. The number of nitrogens with zero attached hydrogens (tertiary/aromatic N) is 2. The van der Waals surface area contributed by atoms with E-state index in [4.69, 9.17) is 0 Å². The highest BCUT2D eigenvalue weighted by atomic mass is 19.1. The van der Waals surface area contributed by atoms with Crippen LogP contribution in [-0.4, -0.2) is 65.7 Å². The number of carbonyl (C=O) groups excluding carboxylic acids is 3. The highest BCUT2D eigenvalue weighted by molar-refractivity contribution is 6.35. The number of rotatable bonds is 8. The zero-order chi connectivity index (χ0) is 23.7. The molecule has 0 saturated carbocycles. The summed E-state index contributed by atoms with van der Waals surface area (Å²) in [6, 6.07) is 2.62. The number of amides is 3. The molecular formula is C24H28FN5O3. The Balaban J connectivity index is 1.63. The van der Waals surface area contributed by atoms with Crippen LogP contribution in [-0.2, 0) is 16.0 Å². The van der Waals surface area contributed by atoms with E-state index in [0.717, 1.165) is 30.9 Å². The van der Waals surface area contributed by atoms with Gasteiger partial charge < -0.3 is 25.4 Å². The van der Waals surface area contributed by atoms with Gasteiger partial charge in [0, 0.05) is 43.0 Å². The lowest BCUT2D eigenvalue weighted by Crippen LogP contribution is -2.42. The van der Waals surface area contributed by atoms with Gasteiger partial charge in [0.1, 0.15) is 5.82 Å². The number of carbonyl (C=O) groups is 3. The fraction of sp³-hybridized carbons (Fsp3) is 0.375. The molecule has 1 aromatic carbocycles. The zero-order valence-corrected chi connectivity index (χ0v) is 19.0. The van der Waals surface area contributed by atoms with Crippen molar-refractivity contribution < 1.29 is 18.8 Å². The van der Waals surface area contributed by atoms with Gasteiger partial charge in [-0.25, -0.2) is 4.39 Å². The minimum atomic E-state index is -0.634. The van der Waals surface area contributed by atoms with Gasteiger partial charge in [-0.3, -0.25) is 14.4 Å². The number of halogens is 1. The summed E-state index contributed by atoms with van der Waals surface area (Å²) >= 11 is 0. The first-order chi connectivity index (χ1) is 15.9. The normalized spacial score (nSPS) is 16.3. The molecule has 3 heterocycles. The van der Waals surface area contributed by atoms with Crippen LogP contribution in [0.2, 0.25) is 0 Å². The molecule has 33 heavy (non-hydrogen) atoms. The summed E-state index contributed by atoms with van der Waals surface area (Å²) in [6.45, 7) is 10.1. The molecule has 8 nitrogen and oxygen atoms in total. The maximum absolute atomic E-state index is 14.4. The lowest BCUT2D eigenvalue weighted by molar-refractivity contribution is -0.110. The predicted molar refractivity (Wildman–Crippen MR) is 126 cm³/mol. The van der Waals surface area contributed by atoms with Gasteiger partial charge >= 0.3 is 0 Å². The molecule has 3 N–H and O–H groups in total. The molecule has 2 aromatic rings. The first-order valence-electron chi connectivity index (χ1n) is 11.2. The van der Waals surface area contributed by atoms with Crippen LogP contribution >= 0.6 is 0 Å². The second-order valence-electron chi connectivity index (χ2n) is 8.24. The monoisotopic (exact) mass is 453 g/mol. The van der Waals surface area contributed by atoms with Crippen LogP contribution in [0.4, 0.5) is 15.8 Å². The fourth-order valence-corrected chi connectivity index (χ4v) is 4.50. The molecule has 174 valence electrons. The number of anilines is 2. The second-order valence-corrected chi connectivity index (χ2v) is 8.24. The van der Waals surface area contributed by atoms with Crippen LogP contribution in [0.15, 0.2) is 12.1 Å². The number of nitrogens with one attached hydrogen (secondary N) is 3. The SMILES string of the molecule is CCN(CC)CCN1CCc2[nH]c(C=C3C(=O)Nc4cc(NC=O)c(F)cc43)c(C)c2C1=O. The number of fused-ring (bicyclic) bond motifs is 2. The number of hydrogen-bond donors (Lipinski definition) is 3. The summed E-state index contributed by atoms with van der Waals surface area (Å²) in [5, 5.41) is 4.99. The summed E-state index contributed by atoms with van der Waals surface area (Å²) in [5.74, 6) is -1.01. The maximum atomic E-state index is 14.4. The molecule has 0 bridgehead atoms. The van der Waals surface area contributed by atoms with Crippen molar-refractivity contribution in [1.29, 1.82) is 0 Å². The quantitative estimate of drug-likeness (QED) is 0.423. The minimum absolute atomic E-state index is 0.00583. The third kappa shape index (κ3) is 4.16. The number of benzene rings is 1. The Morgan fingerprint density at radius 2 is 2.00 bits per heavy atom. The standard InChI is InChI=1S/C24H28FN5O3/c1-4-29(5-2)8-9-30-7-6-18-22(24(30)33)14(3)19(27-18)11-16-15-10-17(25)21(26-13-31)12-20(15)28-23(16)32/h10-13,27H,4-9H2,1-3H3,(H,26,31)(H,28,32). The Hall–Kier alpha value is -3.46. The van der Waals surface area contributed by atoms with E-state index in [-0.39, 0.29) is 17.5 Å². The van der Waals surface area contributed by atoms with Crippen LogP contribution < -0.4 is 10.6 Å². The zero-order valence-electron chi connectivity index (χ0n) is 19.0. The molecule has 0 unspecified atom stereocenters. The first-order valence-corrected chi connectivity index (χ1v) is 11.2. The third-order valence-corrected chi connectivity index (χ3v) is 6.47. The van der Waals surface area contributed by atoms with Gasteiger partial charge in [-0.1, -0.05) is 13.8 Å². The van der Waals surface area contributed by atoms with Crippen molar-refractivity contribution in [3.05, 3.63) is 46.0 Å². The van der Waals surface area contributed by atoms with Gasteiger partial charge in [0.2, 0.25) is 6.41 Å². The number of aromatic nitrogens is 1. The van der Waals surface area contributed by atoms with Crippen molar-refractivity contribution in [2.24, 2.45) is 0 Å². The maximum Gasteiger partial charge on any atom is 0.256 e. The van der Waals surface area contributed by atoms with Crippen molar-refractivity contribution in [3.8, 4) is 0 Å². The molecule has 0 aliphatic carbocycles. The van der Waals surface area contributed by atoms with Crippen molar-refractivity contribution in [3.63, 3.8) is 0 Å². The topological polar surface area (TPSA) is 97.5 Å². The van der Waals surface area contributed by atoms with Crippen LogP contribution in [0.25, 0.3) is 11.6 Å². The molecule has 0 fully saturated rings. The van der Waals surface area contributed by atoms with E-state index in [0.29, 0.717) is 54.0 Å². The van der Waals surface area contributed by atoms with Crippen LogP contribution in [0.3, 0.4) is 0 Å². The van der Waals surface area contributed by atoms with Crippen molar-refractivity contribution in [2.75, 3.05) is 43.4 Å². The molecule has 3 amide bonds. The molecule has 4 rings (SSSR count). The van der Waals surface area contributed by atoms with E-state index in [1.165, 1.54) is 12.1 Å². The molecule has 2 aliphatic rings. The van der Waals surface area contributed by atoms with Crippen LogP contribution in [0.1, 0.15) is 46.7 Å². The van der Waals surface area contributed by atoms with Gasteiger partial charge in [-0.05, 0) is 43.8 Å². The average Bonchev–Trinajstić information content (AvgIpc) is 3.27. The summed E-state index contributed by atoms with van der Waals surface area (Å²) in [5.41, 5.74) is 4.07. The van der Waals surface area contributed by atoms with Gasteiger partial charge in [-0.2, -0.15) is 0 Å². The largest absolute Gasteiger partial charge is 0.358 e. The Labute approximate surface area is 191 Å². The first kappa shape index (κ1) is 22.7. The molecular weight excluding hydrogens is 425 g/mol. The molecule has 0 saturated heterocycles. The molecule has 0 spiro atoms. The molecule has 2 aliphatic heterocycles. The van der Waals surface area contributed by atoms with Crippen LogP contribution in [0.5, 0.6) is 0 Å². The summed E-state index contributed by atoms with van der Waals surface area (Å²) in [4.78, 5) is 43.9. The van der Waals surface area contributed by atoms with E-state index in [2.05, 4.69) is 34.4 Å². The molecule has 1 aromatic heterocycles. The number of H-pyrrole nitrogens is 1.